The van der Waals surface area contributed by atoms with Gasteiger partial charge in [-0.1, -0.05) is 29.3 Å². The summed E-state index contributed by atoms with van der Waals surface area (Å²) in [5.41, 5.74) is 1.34. The minimum absolute atomic E-state index is 0.221. The second-order valence-electron chi connectivity index (χ2n) is 6.61. The van der Waals surface area contributed by atoms with Gasteiger partial charge < -0.3 is 20.1 Å². The molecule has 0 spiro atoms. The molecule has 2 atom stereocenters. The van der Waals surface area contributed by atoms with Crippen LogP contribution in [0.5, 0.6) is 5.75 Å². The van der Waals surface area contributed by atoms with Crippen molar-refractivity contribution >= 4 is 35.2 Å². The number of likely N-dealkylation sites (tertiary alicyclic amines) is 1. The molecule has 8 heteroatoms. The molecule has 6 nitrogen and oxygen atoms in total. The summed E-state index contributed by atoms with van der Waals surface area (Å²) in [6.45, 7) is 0.613. The summed E-state index contributed by atoms with van der Waals surface area (Å²) in [5.74, 6) is 0.211. The molecule has 28 heavy (non-hydrogen) atoms. The number of methoxy groups -OCH3 is 1. The monoisotopic (exact) mass is 422 g/mol. The van der Waals surface area contributed by atoms with E-state index in [2.05, 4.69) is 5.32 Å². The lowest BCUT2D eigenvalue weighted by Crippen LogP contribution is -2.51. The van der Waals surface area contributed by atoms with E-state index >= 15 is 0 Å². The van der Waals surface area contributed by atoms with Gasteiger partial charge in [0.15, 0.2) is 0 Å². The van der Waals surface area contributed by atoms with Crippen LogP contribution < -0.4 is 10.1 Å². The standard InChI is InChI=1S/C20H20Cl2N2O4/c1-28-14-5-2-12(3-6-14)19(25)23-18-8-9-24(20(26)27)11-15(18)13-4-7-16(21)17(22)10-13/h2-7,10,15,18H,8-9,11H2,1H3,(H,23,25)(H,26,27)/t15-,18+/m0/s1. The third kappa shape index (κ3) is 4.51. The Labute approximate surface area is 173 Å². The van der Waals surface area contributed by atoms with E-state index in [1.807, 2.05) is 6.07 Å². The fraction of sp³-hybridized carbons (Fsp3) is 0.300. The molecule has 1 saturated heterocycles. The number of hydrogen-bond acceptors (Lipinski definition) is 3. The van der Waals surface area contributed by atoms with Crippen LogP contribution in [-0.4, -0.2) is 48.2 Å². The highest BCUT2D eigenvalue weighted by Gasteiger charge is 2.34. The number of rotatable bonds is 4. The zero-order valence-electron chi connectivity index (χ0n) is 15.2. The Hall–Kier alpha value is -2.44. The number of carbonyl (C=O) groups excluding carboxylic acids is 1. The number of nitrogens with one attached hydrogen (secondary N) is 1. The summed E-state index contributed by atoms with van der Waals surface area (Å²) in [4.78, 5) is 25.5. The van der Waals surface area contributed by atoms with Crippen LogP contribution in [0.1, 0.15) is 28.3 Å². The minimum atomic E-state index is -0.981. The Balaban J connectivity index is 1.82. The number of carboxylic acid groups (broad SMARTS) is 1. The fourth-order valence-corrected chi connectivity index (χ4v) is 3.68. The van der Waals surface area contributed by atoms with Crippen molar-refractivity contribution < 1.29 is 19.4 Å². The van der Waals surface area contributed by atoms with Gasteiger partial charge >= 0.3 is 6.09 Å². The predicted octanol–water partition coefficient (Wildman–Crippen LogP) is 4.27. The first-order valence-electron chi connectivity index (χ1n) is 8.76. The molecule has 2 aromatic rings. The lowest BCUT2D eigenvalue weighted by molar-refractivity contribution is 0.0888. The van der Waals surface area contributed by atoms with E-state index in [1.165, 1.54) is 4.90 Å². The summed E-state index contributed by atoms with van der Waals surface area (Å²) in [7, 11) is 1.56. The van der Waals surface area contributed by atoms with Gasteiger partial charge in [-0.2, -0.15) is 0 Å². The van der Waals surface area contributed by atoms with E-state index < -0.39 is 6.09 Å². The molecule has 1 heterocycles. The molecule has 0 saturated carbocycles. The van der Waals surface area contributed by atoms with Crippen molar-refractivity contribution in [3.05, 3.63) is 63.6 Å². The maximum absolute atomic E-state index is 12.7. The van der Waals surface area contributed by atoms with E-state index in [-0.39, 0.29) is 24.4 Å². The molecular formula is C20H20Cl2N2O4. The molecule has 1 aliphatic rings. The van der Waals surface area contributed by atoms with Crippen LogP contribution in [0, 0.1) is 0 Å². The van der Waals surface area contributed by atoms with Gasteiger partial charge in [-0.3, -0.25) is 4.79 Å². The highest BCUT2D eigenvalue weighted by molar-refractivity contribution is 6.42. The van der Waals surface area contributed by atoms with E-state index in [4.69, 9.17) is 27.9 Å². The van der Waals surface area contributed by atoms with Gasteiger partial charge in [0.1, 0.15) is 5.75 Å². The SMILES string of the molecule is COc1ccc(C(=O)N[C@@H]2CCN(C(=O)O)C[C@H]2c2ccc(Cl)c(Cl)c2)cc1. The molecule has 0 aromatic heterocycles. The quantitative estimate of drug-likeness (QED) is 0.770. The van der Waals surface area contributed by atoms with Gasteiger partial charge in [-0.15, -0.1) is 0 Å². The van der Waals surface area contributed by atoms with Crippen LogP contribution in [0.3, 0.4) is 0 Å². The topological polar surface area (TPSA) is 78.9 Å². The maximum atomic E-state index is 12.7. The van der Waals surface area contributed by atoms with Crippen LogP contribution in [0.25, 0.3) is 0 Å². The number of amides is 2. The van der Waals surface area contributed by atoms with Gasteiger partial charge in [0.2, 0.25) is 0 Å². The van der Waals surface area contributed by atoms with Crippen molar-refractivity contribution in [2.45, 2.75) is 18.4 Å². The molecule has 2 amide bonds. The second-order valence-corrected chi connectivity index (χ2v) is 7.42. The third-order valence-electron chi connectivity index (χ3n) is 4.92. The second kappa shape index (κ2) is 8.71. The Kier molecular flexibility index (Phi) is 6.31. The van der Waals surface area contributed by atoms with Crippen molar-refractivity contribution in [3.63, 3.8) is 0 Å². The number of piperidine rings is 1. The summed E-state index contributed by atoms with van der Waals surface area (Å²) < 4.78 is 5.11. The van der Waals surface area contributed by atoms with Crippen LogP contribution in [0.15, 0.2) is 42.5 Å². The van der Waals surface area contributed by atoms with Crippen molar-refractivity contribution in [3.8, 4) is 5.75 Å². The van der Waals surface area contributed by atoms with Crippen LogP contribution in [-0.2, 0) is 0 Å². The Morgan fingerprint density at radius 3 is 2.46 bits per heavy atom. The summed E-state index contributed by atoms with van der Waals surface area (Å²) in [6, 6.07) is 11.8. The summed E-state index contributed by atoms with van der Waals surface area (Å²) >= 11 is 12.2. The zero-order chi connectivity index (χ0) is 20.3. The zero-order valence-corrected chi connectivity index (χ0v) is 16.7. The largest absolute Gasteiger partial charge is 0.497 e. The normalized spacial score (nSPS) is 19.2. The molecule has 0 unspecified atom stereocenters. The fourth-order valence-electron chi connectivity index (χ4n) is 3.37. The molecular weight excluding hydrogens is 403 g/mol. The number of benzene rings is 2. The van der Waals surface area contributed by atoms with E-state index in [9.17, 15) is 14.7 Å². The van der Waals surface area contributed by atoms with Crippen LogP contribution >= 0.6 is 23.2 Å². The average molecular weight is 423 g/mol. The highest BCUT2D eigenvalue weighted by atomic mass is 35.5. The van der Waals surface area contributed by atoms with Crippen LogP contribution in [0.2, 0.25) is 10.0 Å². The van der Waals surface area contributed by atoms with Crippen LogP contribution in [0.4, 0.5) is 4.79 Å². The number of ether oxygens (including phenoxy) is 1. The first-order chi connectivity index (χ1) is 13.4. The minimum Gasteiger partial charge on any atom is -0.497 e. The third-order valence-corrected chi connectivity index (χ3v) is 5.66. The highest BCUT2D eigenvalue weighted by Crippen LogP contribution is 2.32. The van der Waals surface area contributed by atoms with E-state index in [1.54, 1.807) is 43.5 Å². The molecule has 0 aliphatic carbocycles. The number of halogens is 2. The number of hydrogen-bond donors (Lipinski definition) is 2. The Morgan fingerprint density at radius 1 is 1.14 bits per heavy atom. The lowest BCUT2D eigenvalue weighted by atomic mass is 9.86. The molecule has 0 radical (unpaired) electrons. The smallest absolute Gasteiger partial charge is 0.407 e. The van der Waals surface area contributed by atoms with Gasteiger partial charge in [0.25, 0.3) is 5.91 Å². The van der Waals surface area contributed by atoms with Crippen molar-refractivity contribution in [1.29, 1.82) is 0 Å². The Bertz CT molecular complexity index is 873. The van der Waals surface area contributed by atoms with E-state index in [0.717, 1.165) is 5.56 Å². The maximum Gasteiger partial charge on any atom is 0.407 e. The summed E-state index contributed by atoms with van der Waals surface area (Å²) in [6.07, 6.45) is -0.482. The lowest BCUT2D eigenvalue weighted by Gasteiger charge is -2.38. The molecule has 1 fully saturated rings. The average Bonchev–Trinajstić information content (AvgIpc) is 2.70. The van der Waals surface area contributed by atoms with E-state index in [0.29, 0.717) is 34.3 Å². The Morgan fingerprint density at radius 2 is 1.86 bits per heavy atom. The van der Waals surface area contributed by atoms with Gasteiger partial charge in [0, 0.05) is 30.6 Å². The van der Waals surface area contributed by atoms with Gasteiger partial charge in [-0.25, -0.2) is 4.79 Å². The van der Waals surface area contributed by atoms with Gasteiger partial charge in [0.05, 0.1) is 17.2 Å². The van der Waals surface area contributed by atoms with Crippen molar-refractivity contribution in [2.24, 2.45) is 0 Å². The predicted molar refractivity (Wildman–Crippen MR) is 108 cm³/mol. The molecule has 3 rings (SSSR count). The molecule has 2 aromatic carbocycles. The summed E-state index contributed by atoms with van der Waals surface area (Å²) in [5, 5.41) is 13.2. The molecule has 1 aliphatic heterocycles. The number of nitrogens with zero attached hydrogens (tertiary/aromatic N) is 1. The molecule has 148 valence electrons. The number of carbonyl (C=O) groups is 2. The van der Waals surface area contributed by atoms with Crippen molar-refractivity contribution in [1.82, 2.24) is 10.2 Å². The van der Waals surface area contributed by atoms with Crippen molar-refractivity contribution in [2.75, 3.05) is 20.2 Å². The van der Waals surface area contributed by atoms with Gasteiger partial charge in [-0.05, 0) is 48.4 Å². The molecule has 2 N–H and O–H groups in total. The first-order valence-corrected chi connectivity index (χ1v) is 9.52. The first kappa shape index (κ1) is 20.3. The molecule has 0 bridgehead atoms.